The number of nitrogens with zero attached hydrogens (tertiary/aromatic N) is 1. The van der Waals surface area contributed by atoms with Gasteiger partial charge in [0.1, 0.15) is 0 Å². The molecule has 0 bridgehead atoms. The summed E-state index contributed by atoms with van der Waals surface area (Å²) in [5.74, 6) is -0.637. The molecule has 0 spiro atoms. The fourth-order valence-corrected chi connectivity index (χ4v) is 2.69. The van der Waals surface area contributed by atoms with E-state index in [1.165, 1.54) is 13.2 Å². The van der Waals surface area contributed by atoms with Crippen molar-refractivity contribution < 1.29 is 22.7 Å². The second-order valence-corrected chi connectivity index (χ2v) is 5.24. The molecule has 0 aliphatic heterocycles. The first kappa shape index (κ1) is 16.1. The number of anilines is 1. The van der Waals surface area contributed by atoms with Gasteiger partial charge in [-0.3, -0.25) is 4.79 Å². The molecule has 118 valence electrons. The van der Waals surface area contributed by atoms with Crippen LogP contribution in [0.5, 0.6) is 0 Å². The number of alkyl halides is 3. The minimum absolute atomic E-state index is 0.123. The van der Waals surface area contributed by atoms with Gasteiger partial charge in [-0.25, -0.2) is 0 Å². The molecular formula is C15H15F3N2O2. The second kappa shape index (κ2) is 6.26. The Morgan fingerprint density at radius 2 is 2.14 bits per heavy atom. The maximum Gasteiger partial charge on any atom is 0.418 e. The van der Waals surface area contributed by atoms with E-state index in [1.807, 2.05) is 6.07 Å². The van der Waals surface area contributed by atoms with Crippen molar-refractivity contribution >= 4 is 11.7 Å². The summed E-state index contributed by atoms with van der Waals surface area (Å²) in [6.07, 6.45) is -2.94. The number of halogens is 3. The minimum atomic E-state index is -4.50. The maximum atomic E-state index is 13.0. The first-order valence-corrected chi connectivity index (χ1v) is 6.81. The largest absolute Gasteiger partial charge is 0.469 e. The number of carbonyl (C=O) groups is 1. The summed E-state index contributed by atoms with van der Waals surface area (Å²) in [6.45, 7) is 0. The minimum Gasteiger partial charge on any atom is -0.469 e. The van der Waals surface area contributed by atoms with Crippen LogP contribution < -0.4 is 5.32 Å². The Balaban J connectivity index is 2.19. The number of ether oxygens (including phenoxy) is 1. The number of methoxy groups -OCH3 is 1. The molecule has 1 fully saturated rings. The van der Waals surface area contributed by atoms with E-state index in [0.717, 1.165) is 12.1 Å². The van der Waals surface area contributed by atoms with Gasteiger partial charge in [0.2, 0.25) is 0 Å². The lowest BCUT2D eigenvalue weighted by Crippen LogP contribution is -2.21. The van der Waals surface area contributed by atoms with Crippen molar-refractivity contribution in [3.63, 3.8) is 0 Å². The lowest BCUT2D eigenvalue weighted by molar-refractivity contribution is -0.145. The van der Waals surface area contributed by atoms with Gasteiger partial charge in [0, 0.05) is 11.7 Å². The topological polar surface area (TPSA) is 62.1 Å². The van der Waals surface area contributed by atoms with E-state index in [2.05, 4.69) is 10.1 Å². The smallest absolute Gasteiger partial charge is 0.418 e. The van der Waals surface area contributed by atoms with Crippen molar-refractivity contribution in [3.8, 4) is 6.07 Å². The molecule has 2 rings (SSSR count). The molecule has 1 N–H and O–H groups in total. The lowest BCUT2D eigenvalue weighted by Gasteiger charge is -2.19. The molecule has 0 aromatic heterocycles. The van der Waals surface area contributed by atoms with E-state index < -0.39 is 11.7 Å². The van der Waals surface area contributed by atoms with E-state index in [9.17, 15) is 18.0 Å². The van der Waals surface area contributed by atoms with Crippen LogP contribution in [0, 0.1) is 17.2 Å². The molecule has 1 saturated carbocycles. The van der Waals surface area contributed by atoms with Gasteiger partial charge in [-0.15, -0.1) is 0 Å². The van der Waals surface area contributed by atoms with Gasteiger partial charge in [-0.1, -0.05) is 0 Å². The first-order chi connectivity index (χ1) is 10.3. The fraction of sp³-hybridized carbons (Fsp3) is 0.467. The fourth-order valence-electron chi connectivity index (χ4n) is 2.69. The monoisotopic (exact) mass is 312 g/mol. The Kier molecular flexibility index (Phi) is 4.59. The number of nitrogens with one attached hydrogen (secondary N) is 1. The average molecular weight is 312 g/mol. The molecule has 0 saturated heterocycles. The Labute approximate surface area is 125 Å². The van der Waals surface area contributed by atoms with Gasteiger partial charge < -0.3 is 10.1 Å². The standard InChI is InChI=1S/C15H15F3N2O2/c1-22-14(21)10-3-4-11(7-10)20-13-6-9(8-19)2-5-12(13)15(16,17)18/h2,5-6,10-11,20H,3-4,7H2,1H3/t10-,11+/m0/s1. The van der Waals surface area contributed by atoms with Crippen molar-refractivity contribution in [2.24, 2.45) is 5.92 Å². The lowest BCUT2D eigenvalue weighted by atomic mass is 10.1. The molecule has 0 amide bonds. The number of esters is 1. The molecule has 4 nitrogen and oxygen atoms in total. The van der Waals surface area contributed by atoms with Crippen molar-refractivity contribution in [3.05, 3.63) is 29.3 Å². The third kappa shape index (κ3) is 3.50. The SMILES string of the molecule is COC(=O)[C@H]1CC[C@@H](Nc2cc(C#N)ccc2C(F)(F)F)C1. The van der Waals surface area contributed by atoms with Gasteiger partial charge in [0.25, 0.3) is 0 Å². The van der Waals surface area contributed by atoms with Crippen molar-refractivity contribution in [2.75, 3.05) is 12.4 Å². The molecule has 7 heteroatoms. The predicted octanol–water partition coefficient (Wildman–Crippen LogP) is 3.33. The molecule has 2 atom stereocenters. The number of hydrogen-bond donors (Lipinski definition) is 1. The third-order valence-electron chi connectivity index (χ3n) is 3.78. The quantitative estimate of drug-likeness (QED) is 0.870. The number of carbonyl (C=O) groups excluding carboxylic acids is 1. The van der Waals surface area contributed by atoms with Crippen molar-refractivity contribution in [1.29, 1.82) is 5.26 Å². The van der Waals surface area contributed by atoms with Crippen LogP contribution >= 0.6 is 0 Å². The summed E-state index contributed by atoms with van der Waals surface area (Å²) in [5.41, 5.74) is -0.784. The van der Waals surface area contributed by atoms with E-state index in [4.69, 9.17) is 5.26 Å². The maximum absolute atomic E-state index is 13.0. The molecule has 0 radical (unpaired) electrons. The number of nitriles is 1. The molecule has 0 unspecified atom stereocenters. The van der Waals surface area contributed by atoms with Crippen molar-refractivity contribution in [2.45, 2.75) is 31.5 Å². The van der Waals surface area contributed by atoms with E-state index >= 15 is 0 Å². The normalized spacial score (nSPS) is 21.2. The third-order valence-corrected chi connectivity index (χ3v) is 3.78. The highest BCUT2D eigenvalue weighted by atomic mass is 19.4. The first-order valence-electron chi connectivity index (χ1n) is 6.81. The molecule has 1 aromatic carbocycles. The Bertz CT molecular complexity index is 608. The number of hydrogen-bond acceptors (Lipinski definition) is 4. The summed E-state index contributed by atoms with van der Waals surface area (Å²) in [5, 5.41) is 11.7. The zero-order chi connectivity index (χ0) is 16.3. The molecule has 22 heavy (non-hydrogen) atoms. The van der Waals surface area contributed by atoms with Crippen LogP contribution in [0.3, 0.4) is 0 Å². The van der Waals surface area contributed by atoms with E-state index in [0.29, 0.717) is 19.3 Å². The van der Waals surface area contributed by atoms with Gasteiger partial charge >= 0.3 is 12.1 Å². The van der Waals surface area contributed by atoms with Crippen LogP contribution in [-0.4, -0.2) is 19.1 Å². The van der Waals surface area contributed by atoms with Gasteiger partial charge in [-0.05, 0) is 37.5 Å². The highest BCUT2D eigenvalue weighted by Crippen LogP contribution is 2.37. The predicted molar refractivity (Wildman–Crippen MR) is 72.9 cm³/mol. The summed E-state index contributed by atoms with van der Waals surface area (Å²) >= 11 is 0. The van der Waals surface area contributed by atoms with Gasteiger partial charge in [0.05, 0.1) is 30.2 Å². The van der Waals surface area contributed by atoms with E-state index in [1.54, 1.807) is 0 Å². The van der Waals surface area contributed by atoms with Crippen LogP contribution in [0.4, 0.5) is 18.9 Å². The van der Waals surface area contributed by atoms with E-state index in [-0.39, 0.29) is 29.2 Å². The highest BCUT2D eigenvalue weighted by Gasteiger charge is 2.36. The second-order valence-electron chi connectivity index (χ2n) is 5.24. The zero-order valence-electron chi connectivity index (χ0n) is 11.9. The Hall–Kier alpha value is -2.23. The molecule has 1 aliphatic carbocycles. The van der Waals surface area contributed by atoms with Crippen LogP contribution in [-0.2, 0) is 15.7 Å². The number of rotatable bonds is 3. The summed E-state index contributed by atoms with van der Waals surface area (Å²) in [6, 6.07) is 4.80. The number of benzene rings is 1. The molecular weight excluding hydrogens is 297 g/mol. The van der Waals surface area contributed by atoms with Crippen molar-refractivity contribution in [1.82, 2.24) is 0 Å². The highest BCUT2D eigenvalue weighted by molar-refractivity contribution is 5.73. The van der Waals surface area contributed by atoms with Crippen LogP contribution in [0.1, 0.15) is 30.4 Å². The summed E-state index contributed by atoms with van der Waals surface area (Å²) in [4.78, 5) is 11.5. The Morgan fingerprint density at radius 3 is 2.73 bits per heavy atom. The molecule has 1 aliphatic rings. The van der Waals surface area contributed by atoms with Crippen LogP contribution in [0.2, 0.25) is 0 Å². The zero-order valence-corrected chi connectivity index (χ0v) is 11.9. The van der Waals surface area contributed by atoms with Gasteiger partial charge in [0.15, 0.2) is 0 Å². The molecule has 0 heterocycles. The Morgan fingerprint density at radius 1 is 1.41 bits per heavy atom. The van der Waals surface area contributed by atoms with Gasteiger partial charge in [-0.2, -0.15) is 18.4 Å². The van der Waals surface area contributed by atoms with Crippen LogP contribution in [0.25, 0.3) is 0 Å². The summed E-state index contributed by atoms with van der Waals surface area (Å²) in [7, 11) is 1.29. The molecule has 1 aromatic rings. The average Bonchev–Trinajstić information content (AvgIpc) is 2.93. The van der Waals surface area contributed by atoms with Crippen LogP contribution in [0.15, 0.2) is 18.2 Å². The summed E-state index contributed by atoms with van der Waals surface area (Å²) < 4.78 is 43.7.